The molecule has 2 aromatic carbocycles. The van der Waals surface area contributed by atoms with Crippen molar-refractivity contribution in [2.45, 2.75) is 12.8 Å². The number of halogens is 2. The van der Waals surface area contributed by atoms with Gasteiger partial charge >= 0.3 is 0 Å². The van der Waals surface area contributed by atoms with Crippen molar-refractivity contribution in [2.24, 2.45) is 0 Å². The number of amides is 1. The number of benzene rings is 2. The summed E-state index contributed by atoms with van der Waals surface area (Å²) in [5.41, 5.74) is 2.87. The molecule has 2 aromatic heterocycles. The number of aromatic nitrogens is 3. The predicted molar refractivity (Wildman–Crippen MR) is 134 cm³/mol. The third kappa shape index (κ3) is 5.29. The second-order valence-corrected chi connectivity index (χ2v) is 8.59. The van der Waals surface area contributed by atoms with Crippen LogP contribution in [0.5, 0.6) is 5.75 Å². The monoisotopic (exact) mass is 527 g/mol. The van der Waals surface area contributed by atoms with Crippen molar-refractivity contribution < 1.29 is 9.53 Å². The van der Waals surface area contributed by atoms with Crippen molar-refractivity contribution in [1.29, 1.82) is 0 Å². The minimum Gasteiger partial charge on any atom is -0.496 e. The Labute approximate surface area is 205 Å². The van der Waals surface area contributed by atoms with Crippen molar-refractivity contribution in [2.75, 3.05) is 25.5 Å². The Balaban J connectivity index is 1.37. The van der Waals surface area contributed by atoms with Crippen LogP contribution in [-0.2, 0) is 0 Å². The Morgan fingerprint density at radius 1 is 1.12 bits per heavy atom. The van der Waals surface area contributed by atoms with E-state index in [1.807, 2.05) is 42.5 Å². The van der Waals surface area contributed by atoms with Gasteiger partial charge in [0.2, 0.25) is 0 Å². The minimum atomic E-state index is -0.137. The minimum absolute atomic E-state index is 0.137. The zero-order valence-corrected chi connectivity index (χ0v) is 20.4. The van der Waals surface area contributed by atoms with Gasteiger partial charge in [-0.2, -0.15) is 9.61 Å². The summed E-state index contributed by atoms with van der Waals surface area (Å²) >= 11 is 9.91. The Kier molecular flexibility index (Phi) is 7.47. The Hall–Kier alpha value is -3.10. The van der Waals surface area contributed by atoms with Crippen LogP contribution in [0, 0.1) is 0 Å². The first kappa shape index (κ1) is 23.1. The van der Waals surface area contributed by atoms with Crippen LogP contribution < -0.4 is 15.4 Å². The van der Waals surface area contributed by atoms with E-state index in [9.17, 15) is 4.79 Å². The second kappa shape index (κ2) is 10.7. The smallest absolute Gasteiger partial charge is 0.255 e. The van der Waals surface area contributed by atoms with Crippen LogP contribution in [0.1, 0.15) is 23.2 Å². The molecule has 4 aromatic rings. The van der Waals surface area contributed by atoms with Gasteiger partial charge in [-0.05, 0) is 47.0 Å². The summed E-state index contributed by atoms with van der Waals surface area (Å²) in [4.78, 5) is 17.1. The molecule has 170 valence electrons. The average Bonchev–Trinajstić information content (AvgIpc) is 3.22. The highest BCUT2D eigenvalue weighted by Gasteiger charge is 2.13. The third-order valence-corrected chi connectivity index (χ3v) is 6.01. The molecule has 0 atom stereocenters. The predicted octanol–water partition coefficient (Wildman–Crippen LogP) is 5.44. The lowest BCUT2D eigenvalue weighted by Crippen LogP contribution is -2.25. The van der Waals surface area contributed by atoms with E-state index in [2.05, 4.69) is 31.7 Å². The quantitative estimate of drug-likeness (QED) is 0.283. The lowest BCUT2D eigenvalue weighted by Gasteiger charge is -2.12. The van der Waals surface area contributed by atoms with Crippen molar-refractivity contribution in [3.63, 3.8) is 0 Å². The van der Waals surface area contributed by atoms with Gasteiger partial charge < -0.3 is 15.4 Å². The average molecular weight is 529 g/mol. The maximum atomic E-state index is 12.4. The molecule has 2 N–H and O–H groups in total. The van der Waals surface area contributed by atoms with Crippen LogP contribution in [0.3, 0.4) is 0 Å². The zero-order chi connectivity index (χ0) is 23.2. The Morgan fingerprint density at radius 2 is 1.88 bits per heavy atom. The third-order valence-electron chi connectivity index (χ3n) is 5.13. The summed E-state index contributed by atoms with van der Waals surface area (Å²) in [6.07, 6.45) is 3.40. The van der Waals surface area contributed by atoms with Gasteiger partial charge in [0, 0.05) is 29.7 Å². The molecule has 9 heteroatoms. The first-order valence-corrected chi connectivity index (χ1v) is 11.7. The number of nitrogens with zero attached hydrogens (tertiary/aromatic N) is 3. The molecule has 33 heavy (non-hydrogen) atoms. The molecule has 7 nitrogen and oxygen atoms in total. The first-order chi connectivity index (χ1) is 16.1. The molecule has 0 fully saturated rings. The fourth-order valence-electron chi connectivity index (χ4n) is 3.46. The Morgan fingerprint density at radius 3 is 2.70 bits per heavy atom. The molecule has 0 aliphatic carbocycles. The van der Waals surface area contributed by atoms with Gasteiger partial charge in [0.1, 0.15) is 11.6 Å². The van der Waals surface area contributed by atoms with Crippen LogP contribution in [0.4, 0.5) is 5.82 Å². The van der Waals surface area contributed by atoms with Crippen molar-refractivity contribution in [3.8, 4) is 17.0 Å². The molecule has 2 heterocycles. The first-order valence-electron chi connectivity index (χ1n) is 10.5. The fraction of sp³-hybridized carbons (Fsp3) is 0.208. The molecule has 0 unspecified atom stereocenters. The maximum Gasteiger partial charge on any atom is 0.255 e. The van der Waals surface area contributed by atoms with Crippen LogP contribution in [0.15, 0.2) is 65.3 Å². The molecule has 0 saturated heterocycles. The number of carbonyl (C=O) groups is 1. The van der Waals surface area contributed by atoms with Crippen LogP contribution in [-0.4, -0.2) is 40.7 Å². The maximum absolute atomic E-state index is 12.4. The Bertz CT molecular complexity index is 1280. The van der Waals surface area contributed by atoms with Gasteiger partial charge in [0.15, 0.2) is 5.65 Å². The van der Waals surface area contributed by atoms with Crippen molar-refractivity contribution in [3.05, 3.63) is 75.9 Å². The fourth-order valence-corrected chi connectivity index (χ4v) is 4.05. The zero-order valence-electron chi connectivity index (χ0n) is 18.0. The number of hydrogen-bond donors (Lipinski definition) is 2. The number of ether oxygens (including phenoxy) is 1. The number of methoxy groups -OCH3 is 1. The number of nitrogens with one attached hydrogen (secondary N) is 2. The topological polar surface area (TPSA) is 80.5 Å². The van der Waals surface area contributed by atoms with E-state index in [0.717, 1.165) is 34.4 Å². The summed E-state index contributed by atoms with van der Waals surface area (Å²) in [5, 5.41) is 11.4. The SMILES string of the molecule is COc1ccccc1C(=O)NCCCCNc1cc(-c2ccccc2Cl)nc2c(Br)cnn12. The van der Waals surface area contributed by atoms with Gasteiger partial charge in [0.25, 0.3) is 5.91 Å². The molecule has 4 rings (SSSR count). The summed E-state index contributed by atoms with van der Waals surface area (Å²) in [7, 11) is 1.56. The lowest BCUT2D eigenvalue weighted by molar-refractivity contribution is 0.0950. The molecule has 1 amide bonds. The molecule has 0 spiro atoms. The van der Waals surface area contributed by atoms with E-state index < -0.39 is 0 Å². The van der Waals surface area contributed by atoms with E-state index in [1.165, 1.54) is 0 Å². The van der Waals surface area contributed by atoms with Crippen LogP contribution in [0.2, 0.25) is 5.02 Å². The van der Waals surface area contributed by atoms with E-state index in [4.69, 9.17) is 21.3 Å². The highest BCUT2D eigenvalue weighted by molar-refractivity contribution is 9.10. The summed E-state index contributed by atoms with van der Waals surface area (Å²) in [5.74, 6) is 1.25. The number of unbranched alkanes of at least 4 members (excludes halogenated alkanes) is 1. The number of anilines is 1. The van der Waals surface area contributed by atoms with Crippen molar-refractivity contribution in [1.82, 2.24) is 19.9 Å². The van der Waals surface area contributed by atoms with E-state index in [-0.39, 0.29) is 5.91 Å². The number of fused-ring (bicyclic) bond motifs is 1. The van der Waals surface area contributed by atoms with E-state index in [0.29, 0.717) is 35.1 Å². The van der Waals surface area contributed by atoms with Gasteiger partial charge in [-0.3, -0.25) is 4.79 Å². The molecule has 0 aliphatic rings. The van der Waals surface area contributed by atoms with Crippen LogP contribution >= 0.6 is 27.5 Å². The summed E-state index contributed by atoms with van der Waals surface area (Å²) in [6, 6.07) is 16.8. The number of para-hydroxylation sites is 1. The van der Waals surface area contributed by atoms with Crippen LogP contribution in [0.25, 0.3) is 16.9 Å². The number of rotatable bonds is 9. The molecule has 0 radical (unpaired) electrons. The molecular formula is C24H23BrClN5O2. The highest BCUT2D eigenvalue weighted by Crippen LogP contribution is 2.30. The second-order valence-electron chi connectivity index (χ2n) is 7.32. The normalized spacial score (nSPS) is 10.9. The largest absolute Gasteiger partial charge is 0.496 e. The number of hydrogen-bond acceptors (Lipinski definition) is 5. The highest BCUT2D eigenvalue weighted by atomic mass is 79.9. The van der Waals surface area contributed by atoms with Crippen molar-refractivity contribution >= 4 is 44.9 Å². The van der Waals surface area contributed by atoms with Gasteiger partial charge in [-0.1, -0.05) is 41.9 Å². The number of carbonyl (C=O) groups excluding carboxylic acids is 1. The lowest BCUT2D eigenvalue weighted by atomic mass is 10.1. The van der Waals surface area contributed by atoms with Gasteiger partial charge in [-0.25, -0.2) is 4.98 Å². The molecule has 0 aliphatic heterocycles. The molecular weight excluding hydrogens is 506 g/mol. The van der Waals surface area contributed by atoms with Gasteiger partial charge in [0.05, 0.1) is 29.0 Å². The van der Waals surface area contributed by atoms with E-state index in [1.54, 1.807) is 30.0 Å². The standard InChI is InChI=1S/C24H23BrClN5O2/c1-33-21-11-5-3-9-17(21)24(32)28-13-7-6-12-27-22-14-20(16-8-2-4-10-19(16)26)30-23-18(25)15-29-31(22)23/h2-5,8-11,14-15,27H,6-7,12-13H2,1H3,(H,28,32). The summed E-state index contributed by atoms with van der Waals surface area (Å²) in [6.45, 7) is 1.28. The molecule has 0 saturated carbocycles. The van der Waals surface area contributed by atoms with E-state index >= 15 is 0 Å². The molecule has 0 bridgehead atoms. The van der Waals surface area contributed by atoms with Gasteiger partial charge in [-0.15, -0.1) is 0 Å². The summed E-state index contributed by atoms with van der Waals surface area (Å²) < 4.78 is 7.81.